The third-order valence-electron chi connectivity index (χ3n) is 3.24. The van der Waals surface area contributed by atoms with Gasteiger partial charge in [-0.25, -0.2) is 0 Å². The molecule has 78 valence electrons. The van der Waals surface area contributed by atoms with Crippen LogP contribution in [0.4, 0.5) is 0 Å². The zero-order valence-corrected chi connectivity index (χ0v) is 9.34. The van der Waals surface area contributed by atoms with E-state index in [0.29, 0.717) is 6.04 Å². The molecule has 0 saturated carbocycles. The van der Waals surface area contributed by atoms with Gasteiger partial charge in [-0.2, -0.15) is 0 Å². The molecule has 1 aliphatic rings. The quantitative estimate of drug-likeness (QED) is 0.718. The second-order valence-corrected chi connectivity index (χ2v) is 4.20. The van der Waals surface area contributed by atoms with Gasteiger partial charge in [0.25, 0.3) is 0 Å². The van der Waals surface area contributed by atoms with Crippen LogP contribution < -0.4 is 0 Å². The number of hydrogen-bond donors (Lipinski definition) is 0. The summed E-state index contributed by atoms with van der Waals surface area (Å²) in [6.07, 6.45) is 3.39. The SMILES string of the molecule is CCc1cc2c(o1)CN(C)C(CC)C2. The summed E-state index contributed by atoms with van der Waals surface area (Å²) in [5.74, 6) is 2.33. The predicted octanol–water partition coefficient (Wildman–Crippen LogP) is 2.61. The number of fused-ring (bicyclic) bond motifs is 1. The second-order valence-electron chi connectivity index (χ2n) is 4.20. The van der Waals surface area contributed by atoms with Crippen molar-refractivity contribution in [3.8, 4) is 0 Å². The lowest BCUT2D eigenvalue weighted by atomic mass is 9.98. The summed E-state index contributed by atoms with van der Waals surface area (Å²) in [4.78, 5) is 2.39. The molecule has 0 aromatic carbocycles. The van der Waals surface area contributed by atoms with Crippen molar-refractivity contribution < 1.29 is 4.42 Å². The molecule has 1 atom stereocenters. The summed E-state index contributed by atoms with van der Waals surface area (Å²) in [7, 11) is 2.19. The Labute approximate surface area is 85.9 Å². The van der Waals surface area contributed by atoms with Crippen LogP contribution in [0.25, 0.3) is 0 Å². The van der Waals surface area contributed by atoms with E-state index in [9.17, 15) is 0 Å². The van der Waals surface area contributed by atoms with Crippen LogP contribution in [0, 0.1) is 0 Å². The molecule has 0 spiro atoms. The van der Waals surface area contributed by atoms with Crippen LogP contribution in [-0.4, -0.2) is 18.0 Å². The average molecular weight is 193 g/mol. The van der Waals surface area contributed by atoms with Gasteiger partial charge in [0.05, 0.1) is 6.54 Å². The van der Waals surface area contributed by atoms with E-state index in [2.05, 4.69) is 31.9 Å². The first-order valence-corrected chi connectivity index (χ1v) is 5.55. The Hall–Kier alpha value is -0.760. The molecule has 0 N–H and O–H groups in total. The van der Waals surface area contributed by atoms with Crippen molar-refractivity contribution >= 4 is 0 Å². The second kappa shape index (κ2) is 3.77. The van der Waals surface area contributed by atoms with E-state index in [1.807, 2.05) is 0 Å². The number of likely N-dealkylation sites (N-methyl/N-ethyl adjacent to an activating group) is 1. The number of aryl methyl sites for hydroxylation is 1. The molecule has 2 nitrogen and oxygen atoms in total. The highest BCUT2D eigenvalue weighted by atomic mass is 16.3. The van der Waals surface area contributed by atoms with E-state index in [4.69, 9.17) is 4.42 Å². The monoisotopic (exact) mass is 193 g/mol. The van der Waals surface area contributed by atoms with Gasteiger partial charge in [-0.15, -0.1) is 0 Å². The molecular weight excluding hydrogens is 174 g/mol. The van der Waals surface area contributed by atoms with Crippen molar-refractivity contribution in [2.75, 3.05) is 7.05 Å². The van der Waals surface area contributed by atoms with Crippen molar-refractivity contribution in [3.05, 3.63) is 23.2 Å². The van der Waals surface area contributed by atoms with Gasteiger partial charge in [-0.1, -0.05) is 13.8 Å². The van der Waals surface area contributed by atoms with Crippen LogP contribution in [0.15, 0.2) is 10.5 Å². The maximum Gasteiger partial charge on any atom is 0.121 e. The third kappa shape index (κ3) is 1.59. The number of rotatable bonds is 2. The van der Waals surface area contributed by atoms with Gasteiger partial charge >= 0.3 is 0 Å². The normalized spacial score (nSPS) is 22.4. The average Bonchev–Trinajstić information content (AvgIpc) is 2.58. The van der Waals surface area contributed by atoms with Gasteiger partial charge in [0.2, 0.25) is 0 Å². The maximum absolute atomic E-state index is 5.78. The van der Waals surface area contributed by atoms with E-state index in [0.717, 1.165) is 25.1 Å². The first kappa shape index (κ1) is 9.78. The molecule has 0 fully saturated rings. The third-order valence-corrected chi connectivity index (χ3v) is 3.24. The standard InChI is InChI=1S/C12H19NO/c1-4-10-6-9-7-11(5-2)14-12(9)8-13(10)3/h7,10H,4-6,8H2,1-3H3. The fraction of sp³-hybridized carbons (Fsp3) is 0.667. The Morgan fingerprint density at radius 3 is 2.93 bits per heavy atom. The van der Waals surface area contributed by atoms with Crippen LogP contribution in [0.2, 0.25) is 0 Å². The summed E-state index contributed by atoms with van der Waals surface area (Å²) in [5, 5.41) is 0. The lowest BCUT2D eigenvalue weighted by Gasteiger charge is -2.30. The molecule has 0 bridgehead atoms. The van der Waals surface area contributed by atoms with Crippen LogP contribution in [0.1, 0.15) is 37.4 Å². The first-order valence-electron chi connectivity index (χ1n) is 5.55. The van der Waals surface area contributed by atoms with Crippen molar-refractivity contribution in [1.82, 2.24) is 4.90 Å². The zero-order chi connectivity index (χ0) is 10.1. The van der Waals surface area contributed by atoms with Gasteiger partial charge in [-0.05, 0) is 31.5 Å². The molecule has 2 heterocycles. The van der Waals surface area contributed by atoms with Gasteiger partial charge in [0, 0.05) is 12.5 Å². The Morgan fingerprint density at radius 2 is 2.29 bits per heavy atom. The molecule has 1 aliphatic heterocycles. The van der Waals surface area contributed by atoms with Gasteiger partial charge < -0.3 is 4.42 Å². The van der Waals surface area contributed by atoms with Crippen molar-refractivity contribution in [2.45, 2.75) is 45.7 Å². The molecule has 1 aromatic rings. The van der Waals surface area contributed by atoms with E-state index in [1.165, 1.54) is 17.7 Å². The summed E-state index contributed by atoms with van der Waals surface area (Å²) in [5.41, 5.74) is 1.44. The fourth-order valence-corrected chi connectivity index (χ4v) is 2.23. The van der Waals surface area contributed by atoms with Crippen LogP contribution in [-0.2, 0) is 19.4 Å². The first-order chi connectivity index (χ1) is 6.74. The van der Waals surface area contributed by atoms with Crippen LogP contribution >= 0.6 is 0 Å². The lowest BCUT2D eigenvalue weighted by Crippen LogP contribution is -2.36. The van der Waals surface area contributed by atoms with Crippen LogP contribution in [0.3, 0.4) is 0 Å². The zero-order valence-electron chi connectivity index (χ0n) is 9.34. The largest absolute Gasteiger partial charge is 0.464 e. The molecule has 2 rings (SSSR count). The Morgan fingerprint density at radius 1 is 1.50 bits per heavy atom. The molecule has 0 radical (unpaired) electrons. The van der Waals surface area contributed by atoms with Crippen molar-refractivity contribution in [3.63, 3.8) is 0 Å². The Bertz CT molecular complexity index is 316. The molecule has 0 saturated heterocycles. The molecule has 14 heavy (non-hydrogen) atoms. The molecule has 0 amide bonds. The van der Waals surface area contributed by atoms with Crippen molar-refractivity contribution in [2.24, 2.45) is 0 Å². The summed E-state index contributed by atoms with van der Waals surface area (Å²) < 4.78 is 5.78. The lowest BCUT2D eigenvalue weighted by molar-refractivity contribution is 0.189. The molecule has 1 unspecified atom stereocenters. The van der Waals surface area contributed by atoms with Gasteiger partial charge in [0.15, 0.2) is 0 Å². The maximum atomic E-state index is 5.78. The smallest absolute Gasteiger partial charge is 0.121 e. The van der Waals surface area contributed by atoms with E-state index in [1.54, 1.807) is 0 Å². The highest BCUT2D eigenvalue weighted by Crippen LogP contribution is 2.26. The minimum absolute atomic E-state index is 0.699. The van der Waals surface area contributed by atoms with E-state index in [-0.39, 0.29) is 0 Å². The van der Waals surface area contributed by atoms with Gasteiger partial charge in [0.1, 0.15) is 11.5 Å². The molecule has 2 heteroatoms. The summed E-state index contributed by atoms with van der Waals surface area (Å²) in [6, 6.07) is 2.94. The Balaban J connectivity index is 2.24. The minimum atomic E-state index is 0.699. The predicted molar refractivity (Wildman–Crippen MR) is 57.3 cm³/mol. The van der Waals surface area contributed by atoms with E-state index >= 15 is 0 Å². The number of nitrogens with zero attached hydrogens (tertiary/aromatic N) is 1. The molecule has 1 aromatic heterocycles. The van der Waals surface area contributed by atoms with Crippen molar-refractivity contribution in [1.29, 1.82) is 0 Å². The van der Waals surface area contributed by atoms with Crippen LogP contribution in [0.5, 0.6) is 0 Å². The topological polar surface area (TPSA) is 16.4 Å². The fourth-order valence-electron chi connectivity index (χ4n) is 2.23. The summed E-state index contributed by atoms with van der Waals surface area (Å²) >= 11 is 0. The highest BCUT2D eigenvalue weighted by Gasteiger charge is 2.24. The Kier molecular flexibility index (Phi) is 2.64. The van der Waals surface area contributed by atoms with Gasteiger partial charge in [-0.3, -0.25) is 4.90 Å². The molecular formula is C12H19NO. The van der Waals surface area contributed by atoms with E-state index < -0.39 is 0 Å². The number of hydrogen-bond acceptors (Lipinski definition) is 2. The molecule has 0 aliphatic carbocycles. The highest BCUT2D eigenvalue weighted by molar-refractivity contribution is 5.25. The minimum Gasteiger partial charge on any atom is -0.464 e. The number of furan rings is 1. The summed E-state index contributed by atoms with van der Waals surface area (Å²) in [6.45, 7) is 5.38.